The normalized spacial score (nSPS) is 10.9. The van der Waals surface area contributed by atoms with Gasteiger partial charge in [0.1, 0.15) is 5.82 Å². The Morgan fingerprint density at radius 3 is 2.04 bits per heavy atom. The van der Waals surface area contributed by atoms with Crippen LogP contribution in [-0.4, -0.2) is 11.1 Å². The molecule has 0 aliphatic carbocycles. The van der Waals surface area contributed by atoms with Gasteiger partial charge in [0.05, 0.1) is 5.56 Å². The van der Waals surface area contributed by atoms with Gasteiger partial charge in [-0.05, 0) is 54.7 Å². The Hall–Kier alpha value is -3.15. The number of carbonyl (C=O) groups is 1. The number of hydrogen-bond acceptors (Lipinski definition) is 1. The Bertz CT molecular complexity index is 1020. The third-order valence-corrected chi connectivity index (χ3v) is 4.53. The molecule has 28 heavy (non-hydrogen) atoms. The van der Waals surface area contributed by atoms with Crippen molar-refractivity contribution in [2.24, 2.45) is 0 Å². The molecule has 0 fully saturated rings. The zero-order valence-corrected chi connectivity index (χ0v) is 14.9. The third kappa shape index (κ3) is 3.91. The van der Waals surface area contributed by atoms with Crippen molar-refractivity contribution in [1.29, 1.82) is 0 Å². The molecule has 2 nitrogen and oxygen atoms in total. The molecular weight excluding hydrogens is 372 g/mol. The fraction of sp³-hybridized carbons (Fsp3) is 0.136. The Morgan fingerprint density at radius 1 is 0.857 bits per heavy atom. The fourth-order valence-corrected chi connectivity index (χ4v) is 3.04. The third-order valence-electron chi connectivity index (χ3n) is 4.53. The van der Waals surface area contributed by atoms with Crippen molar-refractivity contribution in [2.75, 3.05) is 0 Å². The standard InChI is InChI=1S/C22H16F4O2/c1-12-2-4-13(5-3-12)6-7-14-8-9-16(22(27)28)20(25)19(14)15-10-17(23)21(26)18(24)11-15/h2-5,8-11H,6-7H2,1H3,(H,27,28). The Balaban J connectivity index is 2.08. The zero-order chi connectivity index (χ0) is 20.4. The van der Waals surface area contributed by atoms with Gasteiger partial charge in [0.25, 0.3) is 0 Å². The first-order chi connectivity index (χ1) is 13.3. The smallest absolute Gasteiger partial charge is 0.338 e. The highest BCUT2D eigenvalue weighted by molar-refractivity contribution is 5.90. The zero-order valence-electron chi connectivity index (χ0n) is 14.9. The largest absolute Gasteiger partial charge is 0.478 e. The number of hydrogen-bond donors (Lipinski definition) is 1. The SMILES string of the molecule is Cc1ccc(CCc2ccc(C(=O)O)c(F)c2-c2cc(F)c(F)c(F)c2)cc1. The van der Waals surface area contributed by atoms with Crippen molar-refractivity contribution in [3.05, 3.63) is 94.1 Å². The number of aryl methyl sites for hydroxylation is 3. The predicted octanol–water partition coefficient (Wildman–Crippen LogP) is 5.70. The molecule has 3 aromatic carbocycles. The summed E-state index contributed by atoms with van der Waals surface area (Å²) in [4.78, 5) is 11.3. The van der Waals surface area contributed by atoms with E-state index >= 15 is 0 Å². The maximum atomic E-state index is 14.9. The molecule has 0 unspecified atom stereocenters. The highest BCUT2D eigenvalue weighted by Crippen LogP contribution is 2.32. The lowest BCUT2D eigenvalue weighted by Gasteiger charge is -2.14. The van der Waals surface area contributed by atoms with Gasteiger partial charge < -0.3 is 5.11 Å². The number of halogens is 4. The van der Waals surface area contributed by atoms with Gasteiger partial charge in [-0.2, -0.15) is 0 Å². The summed E-state index contributed by atoms with van der Waals surface area (Å²) in [6.45, 7) is 1.94. The van der Waals surface area contributed by atoms with E-state index in [-0.39, 0.29) is 11.1 Å². The van der Waals surface area contributed by atoms with E-state index in [1.807, 2.05) is 31.2 Å². The number of benzene rings is 3. The molecule has 1 N–H and O–H groups in total. The molecule has 0 spiro atoms. The topological polar surface area (TPSA) is 37.3 Å². The molecular formula is C22H16F4O2. The van der Waals surface area contributed by atoms with Crippen LogP contribution >= 0.6 is 0 Å². The van der Waals surface area contributed by atoms with Crippen LogP contribution in [0.25, 0.3) is 11.1 Å². The predicted molar refractivity (Wildman–Crippen MR) is 97.3 cm³/mol. The average molecular weight is 388 g/mol. The van der Waals surface area contributed by atoms with Crippen molar-refractivity contribution in [2.45, 2.75) is 19.8 Å². The molecule has 0 aliphatic rings. The first-order valence-corrected chi connectivity index (χ1v) is 8.53. The molecule has 0 radical (unpaired) electrons. The fourth-order valence-electron chi connectivity index (χ4n) is 3.04. The molecule has 0 saturated heterocycles. The van der Waals surface area contributed by atoms with Crippen LogP contribution in [0.2, 0.25) is 0 Å². The summed E-state index contributed by atoms with van der Waals surface area (Å²) >= 11 is 0. The minimum Gasteiger partial charge on any atom is -0.478 e. The van der Waals surface area contributed by atoms with E-state index in [1.54, 1.807) is 0 Å². The van der Waals surface area contributed by atoms with Gasteiger partial charge in [0.15, 0.2) is 17.5 Å². The molecule has 3 rings (SSSR count). The van der Waals surface area contributed by atoms with E-state index in [1.165, 1.54) is 6.07 Å². The maximum absolute atomic E-state index is 14.9. The van der Waals surface area contributed by atoms with E-state index < -0.39 is 34.8 Å². The van der Waals surface area contributed by atoms with Crippen molar-refractivity contribution in [1.82, 2.24) is 0 Å². The second-order valence-electron chi connectivity index (χ2n) is 6.51. The van der Waals surface area contributed by atoms with Gasteiger partial charge in [-0.15, -0.1) is 0 Å². The van der Waals surface area contributed by atoms with Crippen LogP contribution in [-0.2, 0) is 12.8 Å². The molecule has 0 amide bonds. The number of rotatable bonds is 5. The van der Waals surface area contributed by atoms with Crippen molar-refractivity contribution in [3.63, 3.8) is 0 Å². The first kappa shape index (κ1) is 19.6. The van der Waals surface area contributed by atoms with E-state index in [0.717, 1.165) is 17.2 Å². The first-order valence-electron chi connectivity index (χ1n) is 8.53. The Morgan fingerprint density at radius 2 is 1.46 bits per heavy atom. The highest BCUT2D eigenvalue weighted by Gasteiger charge is 2.21. The van der Waals surface area contributed by atoms with Gasteiger partial charge in [-0.25, -0.2) is 22.4 Å². The number of carboxylic acid groups (broad SMARTS) is 1. The molecule has 0 atom stereocenters. The van der Waals surface area contributed by atoms with Crippen molar-refractivity contribution in [3.8, 4) is 11.1 Å². The van der Waals surface area contributed by atoms with E-state index in [0.29, 0.717) is 30.5 Å². The van der Waals surface area contributed by atoms with Crippen LogP contribution in [0.15, 0.2) is 48.5 Å². The quantitative estimate of drug-likeness (QED) is 0.450. The number of aromatic carboxylic acids is 1. The number of carboxylic acids is 1. The molecule has 0 saturated carbocycles. The van der Waals surface area contributed by atoms with E-state index in [2.05, 4.69) is 0 Å². The molecule has 0 aliphatic heterocycles. The summed E-state index contributed by atoms with van der Waals surface area (Å²) in [5.41, 5.74) is 1.29. The van der Waals surface area contributed by atoms with Crippen LogP contribution in [0, 0.1) is 30.2 Å². The van der Waals surface area contributed by atoms with E-state index in [9.17, 15) is 22.4 Å². The second kappa shape index (κ2) is 7.84. The molecule has 144 valence electrons. The van der Waals surface area contributed by atoms with Crippen LogP contribution in [0.4, 0.5) is 17.6 Å². The van der Waals surface area contributed by atoms with Crippen LogP contribution in [0.5, 0.6) is 0 Å². The van der Waals surface area contributed by atoms with Gasteiger partial charge in [0.2, 0.25) is 0 Å². The monoisotopic (exact) mass is 388 g/mol. The summed E-state index contributed by atoms with van der Waals surface area (Å²) in [5.74, 6) is -7.23. The van der Waals surface area contributed by atoms with Gasteiger partial charge in [-0.1, -0.05) is 35.9 Å². The summed E-state index contributed by atoms with van der Waals surface area (Å²) in [6, 6.07) is 11.5. The molecule has 3 aromatic rings. The maximum Gasteiger partial charge on any atom is 0.338 e. The van der Waals surface area contributed by atoms with Crippen molar-refractivity contribution < 1.29 is 27.5 Å². The minimum atomic E-state index is -1.67. The van der Waals surface area contributed by atoms with E-state index in [4.69, 9.17) is 5.11 Å². The van der Waals surface area contributed by atoms with Crippen LogP contribution in [0.3, 0.4) is 0 Å². The molecule has 6 heteroatoms. The highest BCUT2D eigenvalue weighted by atomic mass is 19.2. The van der Waals surface area contributed by atoms with Gasteiger partial charge >= 0.3 is 5.97 Å². The lowest BCUT2D eigenvalue weighted by atomic mass is 9.92. The minimum absolute atomic E-state index is 0.246. The molecule has 0 heterocycles. The summed E-state index contributed by atoms with van der Waals surface area (Å²) in [6.07, 6.45) is 0.807. The van der Waals surface area contributed by atoms with Crippen LogP contribution in [0.1, 0.15) is 27.0 Å². The summed E-state index contributed by atoms with van der Waals surface area (Å²) in [5, 5.41) is 9.17. The van der Waals surface area contributed by atoms with Gasteiger partial charge in [0, 0.05) is 5.56 Å². The average Bonchev–Trinajstić information content (AvgIpc) is 2.65. The summed E-state index contributed by atoms with van der Waals surface area (Å²) < 4.78 is 55.6. The molecule has 0 aromatic heterocycles. The Labute approximate surface area is 159 Å². The van der Waals surface area contributed by atoms with Crippen molar-refractivity contribution >= 4 is 5.97 Å². The molecule has 0 bridgehead atoms. The van der Waals surface area contributed by atoms with Crippen LogP contribution < -0.4 is 0 Å². The lowest BCUT2D eigenvalue weighted by Crippen LogP contribution is -2.06. The summed E-state index contributed by atoms with van der Waals surface area (Å²) in [7, 11) is 0. The second-order valence-corrected chi connectivity index (χ2v) is 6.51. The van der Waals surface area contributed by atoms with Gasteiger partial charge in [-0.3, -0.25) is 0 Å². The Kier molecular flexibility index (Phi) is 5.49. The lowest BCUT2D eigenvalue weighted by molar-refractivity contribution is 0.0692.